The van der Waals surface area contributed by atoms with E-state index in [0.717, 1.165) is 13.0 Å². The summed E-state index contributed by atoms with van der Waals surface area (Å²) in [6.07, 6.45) is 5.14. The van der Waals surface area contributed by atoms with Gasteiger partial charge >= 0.3 is 0 Å². The van der Waals surface area contributed by atoms with Crippen molar-refractivity contribution in [2.75, 3.05) is 13.7 Å². The summed E-state index contributed by atoms with van der Waals surface area (Å²) in [6, 6.07) is 0.678. The Morgan fingerprint density at radius 2 is 2.00 bits per heavy atom. The van der Waals surface area contributed by atoms with Crippen molar-refractivity contribution in [3.63, 3.8) is 0 Å². The highest BCUT2D eigenvalue weighted by Crippen LogP contribution is 2.49. The van der Waals surface area contributed by atoms with Gasteiger partial charge in [-0.15, -0.1) is 0 Å². The summed E-state index contributed by atoms with van der Waals surface area (Å²) < 4.78 is 5.47. The van der Waals surface area contributed by atoms with Crippen LogP contribution in [0.5, 0.6) is 0 Å². The van der Waals surface area contributed by atoms with Crippen LogP contribution in [-0.4, -0.2) is 25.3 Å². The van der Waals surface area contributed by atoms with Crippen molar-refractivity contribution in [3.05, 3.63) is 0 Å². The largest absolute Gasteiger partial charge is 0.379 e. The van der Waals surface area contributed by atoms with Crippen molar-refractivity contribution >= 4 is 0 Å². The van der Waals surface area contributed by atoms with Gasteiger partial charge in [0.25, 0.3) is 0 Å². The molecule has 0 saturated heterocycles. The van der Waals surface area contributed by atoms with Crippen LogP contribution in [0.2, 0.25) is 0 Å². The molecule has 2 heteroatoms. The number of hydrogen-bond acceptors (Lipinski definition) is 2. The normalized spacial score (nSPS) is 21.4. The average Bonchev–Trinajstić information content (AvgIpc) is 2.92. The van der Waals surface area contributed by atoms with Gasteiger partial charge in [-0.05, 0) is 51.5 Å². The van der Waals surface area contributed by atoms with Crippen LogP contribution in [0.15, 0.2) is 0 Å². The fraction of sp³-hybridized carbons (Fsp3) is 1.00. The summed E-state index contributed by atoms with van der Waals surface area (Å²) in [5.41, 5.74) is 0.596. The van der Waals surface area contributed by atoms with Crippen molar-refractivity contribution < 1.29 is 4.74 Å². The minimum absolute atomic E-state index is 0.0267. The van der Waals surface area contributed by atoms with Gasteiger partial charge in [0.1, 0.15) is 0 Å². The van der Waals surface area contributed by atoms with E-state index in [1.54, 1.807) is 7.11 Å². The van der Waals surface area contributed by atoms with E-state index in [4.69, 9.17) is 4.74 Å². The van der Waals surface area contributed by atoms with E-state index in [2.05, 4.69) is 33.0 Å². The summed E-state index contributed by atoms with van der Waals surface area (Å²) >= 11 is 0. The third-order valence-corrected chi connectivity index (χ3v) is 3.92. The summed E-state index contributed by atoms with van der Waals surface area (Å²) in [5.74, 6) is 0. The SMILES string of the molecule is CCNC(CCC(C)(C)OC)C1(C)CC1. The van der Waals surface area contributed by atoms with Gasteiger partial charge < -0.3 is 10.1 Å². The lowest BCUT2D eigenvalue weighted by Crippen LogP contribution is -2.38. The summed E-state index contributed by atoms with van der Waals surface area (Å²) in [4.78, 5) is 0. The second-order valence-electron chi connectivity index (χ2n) is 5.77. The molecule has 1 N–H and O–H groups in total. The zero-order valence-electron chi connectivity index (χ0n) is 11.0. The summed E-state index contributed by atoms with van der Waals surface area (Å²) in [5, 5.41) is 3.63. The molecule has 0 spiro atoms. The second-order valence-corrected chi connectivity index (χ2v) is 5.77. The fourth-order valence-electron chi connectivity index (χ4n) is 2.08. The fourth-order valence-corrected chi connectivity index (χ4v) is 2.08. The number of methoxy groups -OCH3 is 1. The van der Waals surface area contributed by atoms with Gasteiger partial charge in [0.2, 0.25) is 0 Å². The Morgan fingerprint density at radius 3 is 2.40 bits per heavy atom. The second kappa shape index (κ2) is 4.84. The van der Waals surface area contributed by atoms with Gasteiger partial charge in [-0.1, -0.05) is 13.8 Å². The first-order valence-corrected chi connectivity index (χ1v) is 6.22. The molecule has 0 heterocycles. The quantitative estimate of drug-likeness (QED) is 0.702. The molecule has 0 amide bonds. The highest BCUT2D eigenvalue weighted by Gasteiger charge is 2.44. The van der Waals surface area contributed by atoms with E-state index < -0.39 is 0 Å². The first-order valence-electron chi connectivity index (χ1n) is 6.22. The smallest absolute Gasteiger partial charge is 0.0623 e. The first kappa shape index (κ1) is 13.0. The van der Waals surface area contributed by atoms with Gasteiger partial charge in [-0.2, -0.15) is 0 Å². The van der Waals surface area contributed by atoms with Crippen molar-refractivity contribution in [1.82, 2.24) is 5.32 Å². The average molecular weight is 213 g/mol. The van der Waals surface area contributed by atoms with Gasteiger partial charge in [-0.3, -0.25) is 0 Å². The third kappa shape index (κ3) is 3.76. The zero-order valence-corrected chi connectivity index (χ0v) is 11.0. The summed E-state index contributed by atoms with van der Waals surface area (Å²) in [7, 11) is 1.81. The molecule has 2 nitrogen and oxygen atoms in total. The molecule has 1 aliphatic rings. The maximum absolute atomic E-state index is 5.47. The number of rotatable bonds is 7. The molecule has 1 rings (SSSR count). The molecule has 15 heavy (non-hydrogen) atoms. The molecule has 0 aromatic rings. The maximum Gasteiger partial charge on any atom is 0.0623 e. The Hall–Kier alpha value is -0.0800. The van der Waals surface area contributed by atoms with E-state index in [9.17, 15) is 0 Å². The van der Waals surface area contributed by atoms with Crippen molar-refractivity contribution in [3.8, 4) is 0 Å². The standard InChI is InChI=1S/C13H27NO/c1-6-14-11(13(4)9-10-13)7-8-12(2,3)15-5/h11,14H,6-10H2,1-5H3. The molecular formula is C13H27NO. The molecule has 1 aliphatic carbocycles. The predicted octanol–water partition coefficient (Wildman–Crippen LogP) is 2.97. The molecule has 90 valence electrons. The Kier molecular flexibility index (Phi) is 4.19. The highest BCUT2D eigenvalue weighted by molar-refractivity contribution is 4.99. The Morgan fingerprint density at radius 1 is 1.40 bits per heavy atom. The predicted molar refractivity (Wildman–Crippen MR) is 65.1 cm³/mol. The van der Waals surface area contributed by atoms with Gasteiger partial charge in [-0.25, -0.2) is 0 Å². The van der Waals surface area contributed by atoms with E-state index in [1.165, 1.54) is 19.3 Å². The number of hydrogen-bond donors (Lipinski definition) is 1. The third-order valence-electron chi connectivity index (χ3n) is 3.92. The summed E-state index contributed by atoms with van der Waals surface area (Å²) in [6.45, 7) is 10.0. The van der Waals surface area contributed by atoms with Gasteiger partial charge in [0, 0.05) is 13.2 Å². The van der Waals surface area contributed by atoms with Crippen molar-refractivity contribution in [2.45, 2.75) is 65.0 Å². The van der Waals surface area contributed by atoms with Crippen LogP contribution in [0.25, 0.3) is 0 Å². The molecule has 0 aromatic carbocycles. The topological polar surface area (TPSA) is 21.3 Å². The van der Waals surface area contributed by atoms with E-state index in [0.29, 0.717) is 11.5 Å². The van der Waals surface area contributed by atoms with Crippen LogP contribution >= 0.6 is 0 Å². The van der Waals surface area contributed by atoms with Crippen molar-refractivity contribution in [1.29, 1.82) is 0 Å². The Bertz CT molecular complexity index is 197. The van der Waals surface area contributed by atoms with Gasteiger partial charge in [0.05, 0.1) is 5.60 Å². The van der Waals surface area contributed by atoms with Crippen LogP contribution in [0.4, 0.5) is 0 Å². The Labute approximate surface area is 94.8 Å². The molecule has 1 unspecified atom stereocenters. The zero-order chi connectivity index (χ0) is 11.5. The first-order chi connectivity index (χ1) is 6.93. The lowest BCUT2D eigenvalue weighted by molar-refractivity contribution is 0.0100. The maximum atomic E-state index is 5.47. The molecule has 0 radical (unpaired) electrons. The monoisotopic (exact) mass is 213 g/mol. The molecule has 1 fully saturated rings. The van der Waals surface area contributed by atoms with E-state index in [-0.39, 0.29) is 5.60 Å². The van der Waals surface area contributed by atoms with Crippen LogP contribution in [-0.2, 0) is 4.74 Å². The molecule has 0 aromatic heterocycles. The Balaban J connectivity index is 2.39. The molecule has 0 bridgehead atoms. The highest BCUT2D eigenvalue weighted by atomic mass is 16.5. The van der Waals surface area contributed by atoms with Gasteiger partial charge in [0.15, 0.2) is 0 Å². The minimum atomic E-state index is 0.0267. The van der Waals surface area contributed by atoms with Crippen LogP contribution in [0, 0.1) is 5.41 Å². The number of nitrogens with one attached hydrogen (secondary N) is 1. The lowest BCUT2D eigenvalue weighted by atomic mass is 9.90. The van der Waals surface area contributed by atoms with Crippen LogP contribution in [0.1, 0.15) is 53.4 Å². The lowest BCUT2D eigenvalue weighted by Gasteiger charge is -2.29. The van der Waals surface area contributed by atoms with E-state index >= 15 is 0 Å². The van der Waals surface area contributed by atoms with Crippen molar-refractivity contribution in [2.24, 2.45) is 5.41 Å². The molecule has 0 aliphatic heterocycles. The molecule has 1 saturated carbocycles. The van der Waals surface area contributed by atoms with Crippen LogP contribution in [0.3, 0.4) is 0 Å². The van der Waals surface area contributed by atoms with Crippen LogP contribution < -0.4 is 5.32 Å². The van der Waals surface area contributed by atoms with E-state index in [1.807, 2.05) is 0 Å². The number of ether oxygens (including phenoxy) is 1. The molecular weight excluding hydrogens is 186 g/mol. The minimum Gasteiger partial charge on any atom is -0.379 e. The molecule has 1 atom stereocenters.